The maximum atomic E-state index is 12.1. The van der Waals surface area contributed by atoms with Crippen molar-refractivity contribution in [2.45, 2.75) is 17.3 Å². The monoisotopic (exact) mass is 310 g/mol. The SMILES string of the molecule is CC(Sc1nccn1C)C(=O)Nc1cc(Cl)ccc1N. The van der Waals surface area contributed by atoms with E-state index in [9.17, 15) is 4.79 Å². The van der Waals surface area contributed by atoms with E-state index in [0.717, 1.165) is 5.16 Å². The third-order valence-corrected chi connectivity index (χ3v) is 4.11. The van der Waals surface area contributed by atoms with E-state index in [1.807, 2.05) is 24.7 Å². The van der Waals surface area contributed by atoms with Gasteiger partial charge in [0.25, 0.3) is 0 Å². The summed E-state index contributed by atoms with van der Waals surface area (Å²) in [5, 5.41) is 3.79. The average Bonchev–Trinajstić information content (AvgIpc) is 2.79. The van der Waals surface area contributed by atoms with Gasteiger partial charge in [0.05, 0.1) is 16.6 Å². The molecule has 1 atom stereocenters. The Labute approximate surface area is 126 Å². The van der Waals surface area contributed by atoms with Crippen LogP contribution in [0.1, 0.15) is 6.92 Å². The molecule has 1 amide bonds. The number of benzene rings is 1. The lowest BCUT2D eigenvalue weighted by molar-refractivity contribution is -0.115. The van der Waals surface area contributed by atoms with Gasteiger partial charge in [0.1, 0.15) is 0 Å². The van der Waals surface area contributed by atoms with E-state index in [4.69, 9.17) is 17.3 Å². The lowest BCUT2D eigenvalue weighted by atomic mass is 10.2. The number of nitrogens with zero attached hydrogens (tertiary/aromatic N) is 2. The maximum Gasteiger partial charge on any atom is 0.237 e. The Kier molecular flexibility index (Phi) is 4.57. The number of hydrogen-bond donors (Lipinski definition) is 2. The number of amides is 1. The first-order valence-corrected chi connectivity index (χ1v) is 7.23. The number of nitrogen functional groups attached to an aromatic ring is 1. The molecule has 0 radical (unpaired) electrons. The summed E-state index contributed by atoms with van der Waals surface area (Å²) in [5.41, 5.74) is 6.81. The van der Waals surface area contributed by atoms with Crippen molar-refractivity contribution in [2.75, 3.05) is 11.1 Å². The maximum absolute atomic E-state index is 12.1. The van der Waals surface area contributed by atoms with Crippen LogP contribution >= 0.6 is 23.4 Å². The van der Waals surface area contributed by atoms with Gasteiger partial charge in [-0.1, -0.05) is 23.4 Å². The van der Waals surface area contributed by atoms with E-state index in [1.165, 1.54) is 11.8 Å². The summed E-state index contributed by atoms with van der Waals surface area (Å²) in [6.07, 6.45) is 3.53. The second-order valence-electron chi connectivity index (χ2n) is 4.30. The Morgan fingerprint density at radius 2 is 2.30 bits per heavy atom. The highest BCUT2D eigenvalue weighted by atomic mass is 35.5. The quantitative estimate of drug-likeness (QED) is 0.673. The summed E-state index contributed by atoms with van der Waals surface area (Å²) in [6.45, 7) is 1.81. The Morgan fingerprint density at radius 1 is 1.55 bits per heavy atom. The zero-order valence-corrected chi connectivity index (χ0v) is 12.7. The van der Waals surface area contributed by atoms with Crippen LogP contribution < -0.4 is 11.1 Å². The number of hydrogen-bond acceptors (Lipinski definition) is 4. The predicted molar refractivity (Wildman–Crippen MR) is 83.0 cm³/mol. The molecule has 20 heavy (non-hydrogen) atoms. The molecular formula is C13H15ClN4OS. The molecule has 0 saturated heterocycles. The molecule has 2 rings (SSSR count). The summed E-state index contributed by atoms with van der Waals surface area (Å²) in [7, 11) is 1.88. The minimum absolute atomic E-state index is 0.146. The number of nitrogens with one attached hydrogen (secondary N) is 1. The molecule has 0 spiro atoms. The predicted octanol–water partition coefficient (Wildman–Crippen LogP) is 2.77. The van der Waals surface area contributed by atoms with Gasteiger partial charge in [-0.3, -0.25) is 4.79 Å². The lowest BCUT2D eigenvalue weighted by Gasteiger charge is -2.13. The summed E-state index contributed by atoms with van der Waals surface area (Å²) in [5.74, 6) is -0.146. The molecule has 1 unspecified atom stereocenters. The largest absolute Gasteiger partial charge is 0.397 e. The normalized spacial score (nSPS) is 12.2. The van der Waals surface area contributed by atoms with Gasteiger partial charge in [0, 0.05) is 24.5 Å². The molecule has 1 aromatic heterocycles. The van der Waals surface area contributed by atoms with E-state index in [-0.39, 0.29) is 11.2 Å². The number of halogens is 1. The van der Waals surface area contributed by atoms with Crippen LogP contribution in [0.2, 0.25) is 5.02 Å². The highest BCUT2D eigenvalue weighted by Gasteiger charge is 2.17. The van der Waals surface area contributed by atoms with Gasteiger partial charge in [-0.05, 0) is 25.1 Å². The molecule has 2 aromatic rings. The Hall–Kier alpha value is -1.66. The summed E-state index contributed by atoms with van der Waals surface area (Å²) < 4.78 is 1.86. The van der Waals surface area contributed by atoms with Crippen molar-refractivity contribution in [3.05, 3.63) is 35.6 Å². The van der Waals surface area contributed by atoms with Gasteiger partial charge in [-0.2, -0.15) is 0 Å². The number of rotatable bonds is 4. The zero-order chi connectivity index (χ0) is 14.7. The summed E-state index contributed by atoms with van der Waals surface area (Å²) in [4.78, 5) is 16.3. The first kappa shape index (κ1) is 14.7. The van der Waals surface area contributed by atoms with Gasteiger partial charge >= 0.3 is 0 Å². The van der Waals surface area contributed by atoms with E-state index in [1.54, 1.807) is 24.4 Å². The van der Waals surface area contributed by atoms with Crippen molar-refractivity contribution in [1.82, 2.24) is 9.55 Å². The van der Waals surface area contributed by atoms with Crippen LogP contribution in [0.3, 0.4) is 0 Å². The average molecular weight is 311 g/mol. The van der Waals surface area contributed by atoms with Crippen molar-refractivity contribution in [2.24, 2.45) is 7.05 Å². The number of carbonyl (C=O) groups is 1. The number of carbonyl (C=O) groups excluding carboxylic acids is 1. The second kappa shape index (κ2) is 6.19. The Bertz CT molecular complexity index is 629. The van der Waals surface area contributed by atoms with Crippen LogP contribution in [-0.4, -0.2) is 20.7 Å². The molecule has 0 bridgehead atoms. The number of anilines is 2. The van der Waals surface area contributed by atoms with E-state index < -0.39 is 0 Å². The van der Waals surface area contributed by atoms with Crippen LogP contribution in [0.5, 0.6) is 0 Å². The van der Waals surface area contributed by atoms with E-state index in [0.29, 0.717) is 16.4 Å². The third kappa shape index (κ3) is 3.46. The molecule has 0 aliphatic rings. The van der Waals surface area contributed by atoms with Crippen molar-refractivity contribution in [1.29, 1.82) is 0 Å². The summed E-state index contributed by atoms with van der Waals surface area (Å²) in [6, 6.07) is 4.97. The fraction of sp³-hybridized carbons (Fsp3) is 0.231. The number of imidazole rings is 1. The standard InChI is InChI=1S/C13H15ClN4OS/c1-8(20-13-16-5-6-18(13)2)12(19)17-11-7-9(14)3-4-10(11)15/h3-8H,15H2,1-2H3,(H,17,19). The molecule has 106 valence electrons. The molecule has 0 fully saturated rings. The van der Waals surface area contributed by atoms with Crippen LogP contribution in [0, 0.1) is 0 Å². The third-order valence-electron chi connectivity index (χ3n) is 2.70. The van der Waals surface area contributed by atoms with Gasteiger partial charge < -0.3 is 15.6 Å². The molecular weight excluding hydrogens is 296 g/mol. The van der Waals surface area contributed by atoms with Gasteiger partial charge in [-0.25, -0.2) is 4.98 Å². The van der Waals surface area contributed by atoms with Gasteiger partial charge in [0.2, 0.25) is 5.91 Å². The number of aromatic nitrogens is 2. The number of nitrogens with two attached hydrogens (primary N) is 1. The summed E-state index contributed by atoms with van der Waals surface area (Å²) >= 11 is 7.27. The highest BCUT2D eigenvalue weighted by Crippen LogP contribution is 2.26. The molecule has 5 nitrogen and oxygen atoms in total. The van der Waals surface area contributed by atoms with Gasteiger partial charge in [0.15, 0.2) is 5.16 Å². The van der Waals surface area contributed by atoms with Crippen LogP contribution in [0.25, 0.3) is 0 Å². The molecule has 0 saturated carbocycles. The zero-order valence-electron chi connectivity index (χ0n) is 11.1. The molecule has 1 aromatic carbocycles. The lowest BCUT2D eigenvalue weighted by Crippen LogP contribution is -2.23. The van der Waals surface area contributed by atoms with Crippen molar-refractivity contribution in [3.8, 4) is 0 Å². The van der Waals surface area contributed by atoms with Crippen LogP contribution in [0.15, 0.2) is 35.7 Å². The second-order valence-corrected chi connectivity index (χ2v) is 6.05. The minimum atomic E-state index is -0.297. The van der Waals surface area contributed by atoms with Crippen LogP contribution in [-0.2, 0) is 11.8 Å². The van der Waals surface area contributed by atoms with Crippen molar-refractivity contribution in [3.63, 3.8) is 0 Å². The topological polar surface area (TPSA) is 72.9 Å². The molecule has 7 heteroatoms. The molecule has 0 aliphatic heterocycles. The van der Waals surface area contributed by atoms with E-state index >= 15 is 0 Å². The van der Waals surface area contributed by atoms with Crippen LogP contribution in [0.4, 0.5) is 11.4 Å². The van der Waals surface area contributed by atoms with Gasteiger partial charge in [-0.15, -0.1) is 0 Å². The molecule has 0 aliphatic carbocycles. The fourth-order valence-corrected chi connectivity index (χ4v) is 2.55. The number of thioether (sulfide) groups is 1. The first-order chi connectivity index (χ1) is 9.47. The Morgan fingerprint density at radius 3 is 2.95 bits per heavy atom. The first-order valence-electron chi connectivity index (χ1n) is 5.97. The fourth-order valence-electron chi connectivity index (χ4n) is 1.55. The van der Waals surface area contributed by atoms with Crippen molar-refractivity contribution < 1.29 is 4.79 Å². The number of aryl methyl sites for hydroxylation is 1. The smallest absolute Gasteiger partial charge is 0.237 e. The van der Waals surface area contributed by atoms with E-state index in [2.05, 4.69) is 10.3 Å². The Balaban J connectivity index is 2.04. The minimum Gasteiger partial charge on any atom is -0.397 e. The highest BCUT2D eigenvalue weighted by molar-refractivity contribution is 8.00. The molecule has 3 N–H and O–H groups in total. The van der Waals surface area contributed by atoms with Crippen molar-refractivity contribution >= 4 is 40.6 Å². The molecule has 1 heterocycles.